The molecule has 27 heavy (non-hydrogen) atoms. The molecule has 0 aliphatic rings. The lowest BCUT2D eigenvalue weighted by molar-refractivity contribution is -0.440. The van der Waals surface area contributed by atoms with Crippen LogP contribution < -0.4 is 0 Å². The molecule has 0 aliphatic carbocycles. The minimum absolute atomic E-state index is 0.350. The van der Waals surface area contributed by atoms with Crippen LogP contribution in [0, 0.1) is 0 Å². The van der Waals surface area contributed by atoms with Gasteiger partial charge in [-0.05, 0) is 0 Å². The molecule has 0 aromatic rings. The number of carbonyl (C=O) groups is 1. The zero-order valence-corrected chi connectivity index (χ0v) is 12.3. The van der Waals surface area contributed by atoms with E-state index in [9.17, 15) is 61.9 Å². The topological polar surface area (TPSA) is 35.5 Å². The fraction of sp³-hybridized carbons (Fsp3) is 0.727. The molecule has 0 amide bonds. The van der Waals surface area contributed by atoms with E-state index in [0.717, 1.165) is 0 Å². The summed E-state index contributed by atoms with van der Waals surface area (Å²) in [5.74, 6) is -37.3. The predicted octanol–water partition coefficient (Wildman–Crippen LogP) is 5.41. The van der Waals surface area contributed by atoms with Crippen molar-refractivity contribution in [1.82, 2.24) is 0 Å². The van der Waals surface area contributed by atoms with Crippen LogP contribution in [0.3, 0.4) is 0 Å². The summed E-state index contributed by atoms with van der Waals surface area (Å²) in [6.07, 6.45) is -11.6. The summed E-state index contributed by atoms with van der Waals surface area (Å²) in [6, 6.07) is 0. The first-order valence-electron chi connectivity index (χ1n) is 6.11. The Morgan fingerprint density at radius 1 is 0.741 bits per heavy atom. The normalized spacial score (nSPS) is 14.7. The van der Waals surface area contributed by atoms with E-state index in [4.69, 9.17) is 0 Å². The molecule has 0 saturated heterocycles. The van der Waals surface area contributed by atoms with Crippen LogP contribution in [0.4, 0.5) is 61.9 Å². The van der Waals surface area contributed by atoms with E-state index >= 15 is 0 Å². The van der Waals surface area contributed by atoms with Gasteiger partial charge in [0.2, 0.25) is 0 Å². The second-order valence-electron chi connectivity index (χ2n) is 4.63. The number of ether oxygens (including phenoxy) is 2. The van der Waals surface area contributed by atoms with Gasteiger partial charge >= 0.3 is 41.9 Å². The highest BCUT2D eigenvalue weighted by Gasteiger charge is 2.90. The average molecular weight is 434 g/mol. The quantitative estimate of drug-likeness (QED) is 0.291. The first-order chi connectivity index (χ1) is 11.7. The summed E-state index contributed by atoms with van der Waals surface area (Å²) in [4.78, 5) is 10.5. The lowest BCUT2D eigenvalue weighted by atomic mass is 9.93. The Kier molecular flexibility index (Phi) is 6.75. The van der Waals surface area contributed by atoms with E-state index in [1.165, 1.54) is 0 Å². The van der Waals surface area contributed by atoms with Crippen molar-refractivity contribution in [3.63, 3.8) is 0 Å². The second-order valence-corrected chi connectivity index (χ2v) is 4.63. The Balaban J connectivity index is 5.74. The number of carbonyl (C=O) groups excluding carboxylic acids is 1. The van der Waals surface area contributed by atoms with Gasteiger partial charge < -0.3 is 9.47 Å². The fourth-order valence-corrected chi connectivity index (χ4v) is 1.32. The lowest BCUT2D eigenvalue weighted by Gasteiger charge is -2.39. The molecule has 0 rings (SSSR count). The zero-order valence-electron chi connectivity index (χ0n) is 12.3. The molecule has 16 heteroatoms. The van der Waals surface area contributed by atoms with Gasteiger partial charge in [0.05, 0.1) is 12.7 Å². The number of rotatable bonds is 8. The largest absolute Gasteiger partial charge is 0.513 e. The van der Waals surface area contributed by atoms with Crippen molar-refractivity contribution in [3.8, 4) is 0 Å². The van der Waals surface area contributed by atoms with Gasteiger partial charge in [-0.2, -0.15) is 57.1 Å². The number of alkyl halides is 13. The minimum Gasteiger partial charge on any atom is -0.434 e. The highest BCUT2D eigenvalue weighted by molar-refractivity contribution is 5.60. The summed E-state index contributed by atoms with van der Waals surface area (Å²) in [5, 5.41) is 0. The van der Waals surface area contributed by atoms with Gasteiger partial charge in [-0.1, -0.05) is 6.58 Å². The van der Waals surface area contributed by atoms with Crippen LogP contribution in [0.2, 0.25) is 0 Å². The maximum absolute atomic E-state index is 13.2. The van der Waals surface area contributed by atoms with E-state index in [0.29, 0.717) is 6.26 Å². The van der Waals surface area contributed by atoms with Crippen LogP contribution in [0.5, 0.6) is 0 Å². The minimum atomic E-state index is -7.96. The molecule has 0 heterocycles. The molecule has 160 valence electrons. The smallest absolute Gasteiger partial charge is 0.434 e. The van der Waals surface area contributed by atoms with Crippen LogP contribution in [-0.2, 0) is 9.47 Å². The molecule has 0 radical (unpaired) electrons. The molecule has 0 spiro atoms. The Labute approximate surface area is 140 Å². The van der Waals surface area contributed by atoms with Crippen molar-refractivity contribution in [2.45, 2.75) is 42.2 Å². The molecular weight excluding hydrogens is 427 g/mol. The van der Waals surface area contributed by atoms with Gasteiger partial charge in [0.25, 0.3) is 0 Å². The van der Waals surface area contributed by atoms with Crippen LogP contribution >= 0.6 is 0 Å². The van der Waals surface area contributed by atoms with E-state index in [2.05, 4.69) is 16.1 Å². The van der Waals surface area contributed by atoms with Crippen LogP contribution in [0.25, 0.3) is 0 Å². The molecule has 0 aromatic carbocycles. The molecule has 0 N–H and O–H groups in total. The summed E-state index contributed by atoms with van der Waals surface area (Å²) in [6.45, 7) is 0.880. The van der Waals surface area contributed by atoms with Gasteiger partial charge in [-0.15, -0.1) is 0 Å². The van der Waals surface area contributed by atoms with Crippen molar-refractivity contribution in [2.24, 2.45) is 0 Å². The van der Waals surface area contributed by atoms with Gasteiger partial charge in [-0.3, -0.25) is 0 Å². The maximum Gasteiger partial charge on any atom is 0.513 e. The molecule has 3 nitrogen and oxygen atoms in total. The SMILES string of the molecule is C=COC(=O)OCCC(F)(F)C(F)(F)C(F)(F)C(F)(F)C(F)(F)C(F)(F)F. The Morgan fingerprint density at radius 2 is 1.15 bits per heavy atom. The molecule has 0 aliphatic heterocycles. The molecule has 0 aromatic heterocycles. The van der Waals surface area contributed by atoms with Gasteiger partial charge in [-0.25, -0.2) is 4.79 Å². The van der Waals surface area contributed by atoms with Crippen molar-refractivity contribution in [2.75, 3.05) is 6.61 Å². The van der Waals surface area contributed by atoms with Crippen LogP contribution in [-0.4, -0.2) is 48.6 Å². The van der Waals surface area contributed by atoms with Gasteiger partial charge in [0, 0.05) is 0 Å². The summed E-state index contributed by atoms with van der Waals surface area (Å²) < 4.78 is 173. The number of hydrogen-bond acceptors (Lipinski definition) is 3. The number of hydrogen-bond donors (Lipinski definition) is 0. The van der Waals surface area contributed by atoms with Crippen molar-refractivity contribution in [1.29, 1.82) is 0 Å². The van der Waals surface area contributed by atoms with Gasteiger partial charge in [0.15, 0.2) is 0 Å². The third kappa shape index (κ3) is 4.17. The molecular formula is C11H7F13O3. The predicted molar refractivity (Wildman–Crippen MR) is 58.0 cm³/mol. The first kappa shape index (κ1) is 25.1. The highest BCUT2D eigenvalue weighted by Crippen LogP contribution is 2.60. The molecule has 0 bridgehead atoms. The summed E-state index contributed by atoms with van der Waals surface area (Å²) in [7, 11) is 0. The molecule has 0 saturated carbocycles. The van der Waals surface area contributed by atoms with Crippen LogP contribution in [0.15, 0.2) is 12.8 Å². The Morgan fingerprint density at radius 3 is 1.52 bits per heavy atom. The fourth-order valence-electron chi connectivity index (χ4n) is 1.32. The van der Waals surface area contributed by atoms with Crippen molar-refractivity contribution < 1.29 is 71.3 Å². The van der Waals surface area contributed by atoms with E-state index in [1.807, 2.05) is 0 Å². The average Bonchev–Trinajstić information content (AvgIpc) is 2.45. The van der Waals surface area contributed by atoms with E-state index in [-0.39, 0.29) is 0 Å². The summed E-state index contributed by atoms with van der Waals surface area (Å²) in [5.41, 5.74) is 0. The third-order valence-electron chi connectivity index (χ3n) is 2.81. The third-order valence-corrected chi connectivity index (χ3v) is 2.81. The molecule has 0 atom stereocenters. The molecule has 0 fully saturated rings. The second kappa shape index (κ2) is 7.26. The van der Waals surface area contributed by atoms with E-state index < -0.39 is 55.0 Å². The number of halogens is 13. The standard InChI is InChI=1S/C11H7F13O3/c1-2-26-5(25)27-4-3-6(12,13)7(14,15)8(16,17)9(18,19)10(20,21)11(22,23)24/h2H,1,3-4H2. The first-order valence-corrected chi connectivity index (χ1v) is 6.11. The lowest BCUT2D eigenvalue weighted by Crippen LogP contribution is -2.70. The maximum atomic E-state index is 13.2. The summed E-state index contributed by atoms with van der Waals surface area (Å²) >= 11 is 0. The highest BCUT2D eigenvalue weighted by atomic mass is 19.4. The van der Waals surface area contributed by atoms with Crippen molar-refractivity contribution >= 4 is 6.16 Å². The van der Waals surface area contributed by atoms with Crippen LogP contribution in [0.1, 0.15) is 6.42 Å². The van der Waals surface area contributed by atoms with Gasteiger partial charge in [0.1, 0.15) is 6.61 Å². The Bertz CT molecular complexity index is 552. The van der Waals surface area contributed by atoms with Crippen molar-refractivity contribution in [3.05, 3.63) is 12.8 Å². The Hall–Kier alpha value is -1.90. The molecule has 0 unspecified atom stereocenters. The zero-order chi connectivity index (χ0) is 22.1. The monoisotopic (exact) mass is 434 g/mol. The van der Waals surface area contributed by atoms with E-state index in [1.54, 1.807) is 0 Å².